The van der Waals surface area contributed by atoms with Crippen LogP contribution in [0.5, 0.6) is 17.5 Å². The molecule has 6 heteroatoms. The van der Waals surface area contributed by atoms with Crippen LogP contribution in [0.4, 0.5) is 0 Å². The van der Waals surface area contributed by atoms with Crippen molar-refractivity contribution in [2.24, 2.45) is 0 Å². The maximum absolute atomic E-state index is 10.6. The molecule has 0 radical (unpaired) electrons. The summed E-state index contributed by atoms with van der Waals surface area (Å²) in [6.45, 7) is 6.40. The van der Waals surface area contributed by atoms with Gasteiger partial charge >= 0.3 is 0 Å². The first-order valence-electron chi connectivity index (χ1n) is 12.7. The van der Waals surface area contributed by atoms with Gasteiger partial charge in [-0.15, -0.1) is 0 Å². The standard InChI is InChI=1S/C33H26N4O2/c1-33(2,3)22-15-17-29(38)25(19-22)26-9-6-12-31(35-26)39-32-13-7-11-30(36-32)37-27-10-5-4-8-23(27)24-18-21(20-34)14-16-28(24)37/h4-19,38H,1-3H3. The van der Waals surface area contributed by atoms with Crippen molar-refractivity contribution in [1.29, 1.82) is 5.26 Å². The van der Waals surface area contributed by atoms with Crippen molar-refractivity contribution in [2.45, 2.75) is 26.2 Å². The molecule has 39 heavy (non-hydrogen) atoms. The second-order valence-corrected chi connectivity index (χ2v) is 10.5. The summed E-state index contributed by atoms with van der Waals surface area (Å²) in [7, 11) is 0. The maximum atomic E-state index is 10.6. The van der Waals surface area contributed by atoms with Gasteiger partial charge in [0.25, 0.3) is 0 Å². The van der Waals surface area contributed by atoms with Gasteiger partial charge in [0.15, 0.2) is 0 Å². The minimum atomic E-state index is -0.0656. The Hall–Kier alpha value is -5.15. The zero-order valence-corrected chi connectivity index (χ0v) is 21.9. The van der Waals surface area contributed by atoms with Crippen LogP contribution in [-0.4, -0.2) is 19.6 Å². The number of para-hydroxylation sites is 1. The molecule has 6 aromatic rings. The third-order valence-electron chi connectivity index (χ3n) is 6.81. The fraction of sp³-hybridized carbons (Fsp3) is 0.121. The van der Waals surface area contributed by atoms with Crippen LogP contribution in [-0.2, 0) is 5.41 Å². The molecule has 0 atom stereocenters. The quantitative estimate of drug-likeness (QED) is 0.260. The lowest BCUT2D eigenvalue weighted by atomic mass is 9.85. The SMILES string of the molecule is CC(C)(C)c1ccc(O)c(-c2cccc(Oc3cccc(-n4c5ccccc5c5cc(C#N)ccc54)n3)n2)c1. The molecule has 0 amide bonds. The summed E-state index contributed by atoms with van der Waals surface area (Å²) < 4.78 is 8.19. The number of nitriles is 1. The van der Waals surface area contributed by atoms with E-state index in [-0.39, 0.29) is 11.2 Å². The molecular weight excluding hydrogens is 484 g/mol. The van der Waals surface area contributed by atoms with Gasteiger partial charge in [0.2, 0.25) is 11.8 Å². The van der Waals surface area contributed by atoms with Crippen molar-refractivity contribution in [3.05, 3.63) is 108 Å². The Bertz CT molecular complexity index is 1910. The minimum Gasteiger partial charge on any atom is -0.507 e. The fourth-order valence-corrected chi connectivity index (χ4v) is 4.81. The Morgan fingerprint density at radius 1 is 0.769 bits per heavy atom. The second-order valence-electron chi connectivity index (χ2n) is 10.5. The Morgan fingerprint density at radius 3 is 2.31 bits per heavy atom. The number of rotatable bonds is 4. The molecule has 0 fully saturated rings. The number of nitrogens with zero attached hydrogens (tertiary/aromatic N) is 4. The van der Waals surface area contributed by atoms with Gasteiger partial charge in [-0.25, -0.2) is 4.98 Å². The lowest BCUT2D eigenvalue weighted by molar-refractivity contribution is 0.444. The molecule has 3 aromatic carbocycles. The van der Waals surface area contributed by atoms with Gasteiger partial charge in [-0.05, 0) is 59.5 Å². The molecule has 0 spiro atoms. The van der Waals surface area contributed by atoms with E-state index < -0.39 is 0 Å². The largest absolute Gasteiger partial charge is 0.507 e. The molecule has 0 aliphatic rings. The summed E-state index contributed by atoms with van der Waals surface area (Å²) in [4.78, 5) is 9.48. The van der Waals surface area contributed by atoms with Crippen LogP contribution in [0.25, 0.3) is 38.9 Å². The number of aromatic nitrogens is 3. The number of phenolic OH excluding ortho intramolecular Hbond substituents is 1. The minimum absolute atomic E-state index is 0.0656. The van der Waals surface area contributed by atoms with Crippen molar-refractivity contribution in [3.63, 3.8) is 0 Å². The molecule has 0 saturated carbocycles. The van der Waals surface area contributed by atoms with E-state index in [0.29, 0.717) is 34.4 Å². The van der Waals surface area contributed by atoms with E-state index in [1.165, 1.54) is 0 Å². The van der Waals surface area contributed by atoms with Crippen molar-refractivity contribution >= 4 is 21.8 Å². The van der Waals surface area contributed by atoms with Crippen LogP contribution < -0.4 is 4.74 Å². The fourth-order valence-electron chi connectivity index (χ4n) is 4.81. The zero-order chi connectivity index (χ0) is 27.1. The predicted octanol–water partition coefficient (Wildman–Crippen LogP) is 7.91. The molecule has 0 aliphatic heterocycles. The monoisotopic (exact) mass is 510 g/mol. The van der Waals surface area contributed by atoms with Gasteiger partial charge in [0.1, 0.15) is 11.6 Å². The molecule has 0 saturated heterocycles. The molecule has 6 nitrogen and oxygen atoms in total. The predicted molar refractivity (Wildman–Crippen MR) is 153 cm³/mol. The van der Waals surface area contributed by atoms with E-state index in [2.05, 4.69) is 42.5 Å². The molecule has 0 bridgehead atoms. The zero-order valence-electron chi connectivity index (χ0n) is 21.9. The lowest BCUT2D eigenvalue weighted by Crippen LogP contribution is -2.10. The van der Waals surface area contributed by atoms with Gasteiger partial charge in [0.05, 0.1) is 28.4 Å². The summed E-state index contributed by atoms with van der Waals surface area (Å²) in [5.74, 6) is 1.62. The van der Waals surface area contributed by atoms with Gasteiger partial charge in [-0.1, -0.05) is 57.2 Å². The smallest absolute Gasteiger partial charge is 0.223 e. The summed E-state index contributed by atoms with van der Waals surface area (Å²) in [5.41, 5.74) is 4.85. The number of fused-ring (bicyclic) bond motifs is 3. The number of hydrogen-bond donors (Lipinski definition) is 1. The summed E-state index contributed by atoms with van der Waals surface area (Å²) in [6, 6.07) is 32.7. The Morgan fingerprint density at radius 2 is 1.51 bits per heavy atom. The first-order valence-corrected chi connectivity index (χ1v) is 12.7. The van der Waals surface area contributed by atoms with E-state index in [9.17, 15) is 10.4 Å². The average Bonchev–Trinajstić information content (AvgIpc) is 3.26. The molecule has 1 N–H and O–H groups in total. The van der Waals surface area contributed by atoms with Gasteiger partial charge in [-0.2, -0.15) is 10.2 Å². The van der Waals surface area contributed by atoms with Crippen molar-refractivity contribution < 1.29 is 9.84 Å². The van der Waals surface area contributed by atoms with Gasteiger partial charge in [-0.3, -0.25) is 4.57 Å². The molecule has 3 heterocycles. The first kappa shape index (κ1) is 24.2. The molecule has 190 valence electrons. The Balaban J connectivity index is 1.39. The average molecular weight is 511 g/mol. The highest BCUT2D eigenvalue weighted by atomic mass is 16.5. The van der Waals surface area contributed by atoms with E-state index in [1.54, 1.807) is 18.2 Å². The van der Waals surface area contributed by atoms with E-state index in [1.807, 2.05) is 72.8 Å². The molecule has 0 unspecified atom stereocenters. The van der Waals surface area contributed by atoms with Crippen LogP contribution >= 0.6 is 0 Å². The first-order chi connectivity index (χ1) is 18.8. The van der Waals surface area contributed by atoms with Crippen LogP contribution in [0, 0.1) is 11.3 Å². The van der Waals surface area contributed by atoms with E-state index in [4.69, 9.17) is 9.72 Å². The highest BCUT2D eigenvalue weighted by Gasteiger charge is 2.18. The molecule has 3 aromatic heterocycles. The normalized spacial score (nSPS) is 11.5. The third-order valence-corrected chi connectivity index (χ3v) is 6.81. The van der Waals surface area contributed by atoms with Gasteiger partial charge in [0, 0.05) is 28.5 Å². The van der Waals surface area contributed by atoms with Crippen LogP contribution in [0.3, 0.4) is 0 Å². The van der Waals surface area contributed by atoms with Crippen LogP contribution in [0.1, 0.15) is 31.9 Å². The van der Waals surface area contributed by atoms with Crippen molar-refractivity contribution in [2.75, 3.05) is 0 Å². The summed E-state index contributed by atoms with van der Waals surface area (Å²) in [6.07, 6.45) is 0. The molecule has 6 rings (SSSR count). The number of aromatic hydroxyl groups is 1. The van der Waals surface area contributed by atoms with Crippen molar-refractivity contribution in [3.8, 4) is 40.7 Å². The highest BCUT2D eigenvalue weighted by Crippen LogP contribution is 2.35. The number of pyridine rings is 2. The topological polar surface area (TPSA) is 84.0 Å². The Labute approximate surface area is 226 Å². The maximum Gasteiger partial charge on any atom is 0.223 e. The number of hydrogen-bond acceptors (Lipinski definition) is 5. The number of ether oxygens (including phenoxy) is 1. The van der Waals surface area contributed by atoms with Gasteiger partial charge < -0.3 is 9.84 Å². The number of phenols is 1. The van der Waals surface area contributed by atoms with E-state index >= 15 is 0 Å². The highest BCUT2D eigenvalue weighted by molar-refractivity contribution is 6.09. The molecular formula is C33H26N4O2. The van der Waals surface area contributed by atoms with Crippen LogP contribution in [0.15, 0.2) is 97.1 Å². The third kappa shape index (κ3) is 4.45. The summed E-state index contributed by atoms with van der Waals surface area (Å²) >= 11 is 0. The Kier molecular flexibility index (Phi) is 5.77. The summed E-state index contributed by atoms with van der Waals surface area (Å²) in [5, 5.41) is 22.0. The second kappa shape index (κ2) is 9.30. The number of benzene rings is 3. The van der Waals surface area contributed by atoms with E-state index in [0.717, 1.165) is 27.4 Å². The van der Waals surface area contributed by atoms with Crippen molar-refractivity contribution in [1.82, 2.24) is 14.5 Å². The molecule has 0 aliphatic carbocycles. The van der Waals surface area contributed by atoms with Crippen LogP contribution in [0.2, 0.25) is 0 Å². The lowest BCUT2D eigenvalue weighted by Gasteiger charge is -2.20.